The zero-order chi connectivity index (χ0) is 13.1. The highest BCUT2D eigenvalue weighted by atomic mass is 79.9. The molecule has 0 aliphatic heterocycles. The fourth-order valence-corrected chi connectivity index (χ4v) is 2.61. The Morgan fingerprint density at radius 2 is 2.22 bits per heavy atom. The van der Waals surface area contributed by atoms with Crippen molar-refractivity contribution in [2.75, 3.05) is 0 Å². The normalized spacial score (nSPS) is 10.6. The van der Waals surface area contributed by atoms with E-state index >= 15 is 0 Å². The number of carbonyl (C=O) groups is 1. The number of ketones is 1. The van der Waals surface area contributed by atoms with E-state index in [1.807, 2.05) is 13.1 Å². The molecule has 0 saturated heterocycles. The minimum absolute atomic E-state index is 0.0828. The molecule has 0 spiro atoms. The van der Waals surface area contributed by atoms with E-state index in [2.05, 4.69) is 21.0 Å². The minimum atomic E-state index is 0.0828. The van der Waals surface area contributed by atoms with Crippen LogP contribution in [-0.2, 0) is 13.5 Å². The van der Waals surface area contributed by atoms with Gasteiger partial charge in [-0.25, -0.2) is 0 Å². The number of aromatic nitrogens is 2. The molecule has 5 heteroatoms. The summed E-state index contributed by atoms with van der Waals surface area (Å²) in [6.07, 6.45) is 2.86. The number of halogens is 2. The molecule has 0 atom stereocenters. The second-order valence-electron chi connectivity index (χ2n) is 4.03. The lowest BCUT2D eigenvalue weighted by atomic mass is 10.1. The first-order chi connectivity index (χ1) is 8.56. The van der Waals surface area contributed by atoms with Crippen LogP contribution >= 0.6 is 27.5 Å². The SMILES string of the molecule is Cn1nccc1CCC(=O)c1cc(Cl)cc(Br)c1. The van der Waals surface area contributed by atoms with Crippen molar-refractivity contribution in [3.8, 4) is 0 Å². The molecule has 0 radical (unpaired) electrons. The van der Waals surface area contributed by atoms with Gasteiger partial charge in [-0.2, -0.15) is 5.10 Å². The van der Waals surface area contributed by atoms with Crippen LogP contribution in [0.2, 0.25) is 5.02 Å². The van der Waals surface area contributed by atoms with Gasteiger partial charge in [-0.1, -0.05) is 27.5 Å². The maximum atomic E-state index is 12.0. The maximum absolute atomic E-state index is 12.0. The third-order valence-corrected chi connectivity index (χ3v) is 3.39. The highest BCUT2D eigenvalue weighted by molar-refractivity contribution is 9.10. The molecule has 18 heavy (non-hydrogen) atoms. The lowest BCUT2D eigenvalue weighted by Crippen LogP contribution is -2.04. The van der Waals surface area contributed by atoms with Gasteiger partial charge in [-0.3, -0.25) is 9.48 Å². The van der Waals surface area contributed by atoms with Gasteiger partial charge in [0, 0.05) is 40.4 Å². The predicted molar refractivity (Wildman–Crippen MR) is 75.0 cm³/mol. The van der Waals surface area contributed by atoms with Crippen molar-refractivity contribution in [1.29, 1.82) is 0 Å². The smallest absolute Gasteiger partial charge is 0.163 e. The van der Waals surface area contributed by atoms with E-state index in [4.69, 9.17) is 11.6 Å². The highest BCUT2D eigenvalue weighted by Crippen LogP contribution is 2.21. The topological polar surface area (TPSA) is 34.9 Å². The van der Waals surface area contributed by atoms with Crippen molar-refractivity contribution in [1.82, 2.24) is 9.78 Å². The van der Waals surface area contributed by atoms with Gasteiger partial charge in [0.05, 0.1) is 0 Å². The lowest BCUT2D eigenvalue weighted by Gasteiger charge is -2.04. The van der Waals surface area contributed by atoms with Gasteiger partial charge in [0.15, 0.2) is 5.78 Å². The summed E-state index contributed by atoms with van der Waals surface area (Å²) in [6.45, 7) is 0. The maximum Gasteiger partial charge on any atom is 0.163 e. The van der Waals surface area contributed by atoms with Crippen molar-refractivity contribution < 1.29 is 4.79 Å². The van der Waals surface area contributed by atoms with E-state index in [0.29, 0.717) is 23.4 Å². The Kier molecular flexibility index (Phi) is 4.19. The average Bonchev–Trinajstić information content (AvgIpc) is 2.70. The number of hydrogen-bond acceptors (Lipinski definition) is 2. The first-order valence-electron chi connectivity index (χ1n) is 5.52. The Labute approximate surface area is 119 Å². The molecule has 0 aliphatic carbocycles. The van der Waals surface area contributed by atoms with Crippen LogP contribution in [0.1, 0.15) is 22.5 Å². The van der Waals surface area contributed by atoms with Crippen LogP contribution in [0.4, 0.5) is 0 Å². The fourth-order valence-electron chi connectivity index (χ4n) is 1.75. The van der Waals surface area contributed by atoms with Crippen LogP contribution in [0, 0.1) is 0 Å². The summed E-state index contributed by atoms with van der Waals surface area (Å²) in [7, 11) is 1.87. The fraction of sp³-hybridized carbons (Fsp3) is 0.231. The van der Waals surface area contributed by atoms with Crippen molar-refractivity contribution in [2.45, 2.75) is 12.8 Å². The summed E-state index contributed by atoms with van der Waals surface area (Å²) in [4.78, 5) is 12.0. The molecular weight excluding hydrogens is 316 g/mol. The summed E-state index contributed by atoms with van der Waals surface area (Å²) < 4.78 is 2.60. The summed E-state index contributed by atoms with van der Waals surface area (Å²) in [5.74, 6) is 0.0828. The molecule has 1 heterocycles. The zero-order valence-electron chi connectivity index (χ0n) is 9.86. The Morgan fingerprint density at radius 3 is 2.83 bits per heavy atom. The van der Waals surface area contributed by atoms with Gasteiger partial charge in [0.25, 0.3) is 0 Å². The van der Waals surface area contributed by atoms with Crippen LogP contribution in [0.3, 0.4) is 0 Å². The second kappa shape index (κ2) is 5.67. The highest BCUT2D eigenvalue weighted by Gasteiger charge is 2.09. The van der Waals surface area contributed by atoms with E-state index in [1.54, 1.807) is 29.1 Å². The van der Waals surface area contributed by atoms with E-state index in [0.717, 1.165) is 10.2 Å². The van der Waals surface area contributed by atoms with E-state index < -0.39 is 0 Å². The number of rotatable bonds is 4. The first kappa shape index (κ1) is 13.3. The molecular formula is C13H12BrClN2O. The van der Waals surface area contributed by atoms with Crippen molar-refractivity contribution >= 4 is 33.3 Å². The second-order valence-corrected chi connectivity index (χ2v) is 5.38. The monoisotopic (exact) mass is 326 g/mol. The summed E-state index contributed by atoms with van der Waals surface area (Å²) in [5.41, 5.74) is 1.68. The van der Waals surface area contributed by atoms with Gasteiger partial charge in [0.1, 0.15) is 0 Å². The first-order valence-corrected chi connectivity index (χ1v) is 6.69. The Morgan fingerprint density at radius 1 is 1.44 bits per heavy atom. The summed E-state index contributed by atoms with van der Waals surface area (Å²) in [6, 6.07) is 7.16. The van der Waals surface area contributed by atoms with Crippen molar-refractivity contribution in [3.63, 3.8) is 0 Å². The molecule has 1 aromatic carbocycles. The average molecular weight is 328 g/mol. The van der Waals surface area contributed by atoms with Gasteiger partial charge in [-0.05, 0) is 30.7 Å². The quantitative estimate of drug-likeness (QED) is 0.803. The number of carbonyl (C=O) groups excluding carboxylic acids is 1. The standard InChI is InChI=1S/C13H12BrClN2O/c1-17-12(4-5-16-17)2-3-13(18)9-6-10(14)8-11(15)7-9/h4-8H,2-3H2,1H3. The number of benzene rings is 1. The molecule has 94 valence electrons. The third-order valence-electron chi connectivity index (χ3n) is 2.72. The van der Waals surface area contributed by atoms with Crippen LogP contribution < -0.4 is 0 Å². The summed E-state index contributed by atoms with van der Waals surface area (Å²) in [5, 5.41) is 4.64. The van der Waals surface area contributed by atoms with Crippen molar-refractivity contribution in [2.24, 2.45) is 7.05 Å². The molecule has 0 N–H and O–H groups in total. The van der Waals surface area contributed by atoms with Gasteiger partial charge < -0.3 is 0 Å². The van der Waals surface area contributed by atoms with Gasteiger partial charge in [0.2, 0.25) is 0 Å². The Balaban J connectivity index is 2.06. The number of aryl methyl sites for hydroxylation is 2. The number of nitrogens with zero attached hydrogens (tertiary/aromatic N) is 2. The molecule has 1 aromatic heterocycles. The molecule has 0 unspecified atom stereocenters. The zero-order valence-corrected chi connectivity index (χ0v) is 12.2. The molecule has 3 nitrogen and oxygen atoms in total. The Bertz CT molecular complexity index is 560. The van der Waals surface area contributed by atoms with E-state index in [-0.39, 0.29) is 5.78 Å². The predicted octanol–water partition coefficient (Wildman–Crippen LogP) is 3.65. The third kappa shape index (κ3) is 3.21. The van der Waals surface area contributed by atoms with E-state index in [1.165, 1.54) is 0 Å². The van der Waals surface area contributed by atoms with Crippen LogP contribution in [0.5, 0.6) is 0 Å². The molecule has 2 rings (SSSR count). The minimum Gasteiger partial charge on any atom is -0.294 e. The molecule has 0 aliphatic rings. The molecule has 0 fully saturated rings. The van der Waals surface area contributed by atoms with Crippen LogP contribution in [0.25, 0.3) is 0 Å². The molecule has 0 saturated carbocycles. The number of hydrogen-bond donors (Lipinski definition) is 0. The molecule has 0 amide bonds. The van der Waals surface area contributed by atoms with Crippen molar-refractivity contribution in [3.05, 3.63) is 51.2 Å². The lowest BCUT2D eigenvalue weighted by molar-refractivity contribution is 0.0982. The molecule has 2 aromatic rings. The summed E-state index contributed by atoms with van der Waals surface area (Å²) >= 11 is 9.25. The Hall–Kier alpha value is -1.13. The van der Waals surface area contributed by atoms with Crippen LogP contribution in [0.15, 0.2) is 34.9 Å². The largest absolute Gasteiger partial charge is 0.294 e. The van der Waals surface area contributed by atoms with E-state index in [9.17, 15) is 4.79 Å². The van der Waals surface area contributed by atoms with Gasteiger partial charge in [-0.15, -0.1) is 0 Å². The van der Waals surface area contributed by atoms with Crippen LogP contribution in [-0.4, -0.2) is 15.6 Å². The number of Topliss-reactive ketones (excluding diaryl/α,β-unsaturated/α-hetero) is 1. The van der Waals surface area contributed by atoms with Gasteiger partial charge >= 0.3 is 0 Å². The molecule has 0 bridgehead atoms.